The van der Waals surface area contributed by atoms with Gasteiger partial charge in [-0.3, -0.25) is 4.98 Å². The number of methoxy groups -OCH3 is 1. The summed E-state index contributed by atoms with van der Waals surface area (Å²) in [6.45, 7) is 2.53. The lowest BCUT2D eigenvalue weighted by Gasteiger charge is -2.35. The minimum atomic E-state index is -0.00677. The Labute approximate surface area is 134 Å². The third kappa shape index (κ3) is 2.73. The molecule has 0 bridgehead atoms. The van der Waals surface area contributed by atoms with Crippen LogP contribution >= 0.6 is 11.6 Å². The summed E-state index contributed by atoms with van der Waals surface area (Å²) in [7, 11) is 1.66. The Kier molecular flexibility index (Phi) is 4.44. The van der Waals surface area contributed by atoms with Crippen molar-refractivity contribution in [3.05, 3.63) is 35.0 Å². The molecule has 1 aliphatic heterocycles. The number of halogens is 1. The third-order valence-electron chi connectivity index (χ3n) is 3.75. The topological polar surface area (TPSA) is 58.4 Å². The number of para-hydroxylation sites is 1. The molecule has 1 aromatic carbocycles. The number of aromatic nitrogens is 1. The van der Waals surface area contributed by atoms with Crippen molar-refractivity contribution in [1.29, 1.82) is 5.26 Å². The third-order valence-corrected chi connectivity index (χ3v) is 4.05. The van der Waals surface area contributed by atoms with Gasteiger partial charge < -0.3 is 14.4 Å². The van der Waals surface area contributed by atoms with Gasteiger partial charge in [-0.05, 0) is 6.07 Å². The van der Waals surface area contributed by atoms with Crippen LogP contribution in [0.2, 0.25) is 5.02 Å². The van der Waals surface area contributed by atoms with Gasteiger partial charge >= 0.3 is 0 Å². The Balaban J connectivity index is 2.08. The van der Waals surface area contributed by atoms with E-state index in [2.05, 4.69) is 16.0 Å². The van der Waals surface area contributed by atoms with Gasteiger partial charge in [0.05, 0.1) is 41.1 Å². The molecule has 0 unspecified atom stereocenters. The Bertz CT molecular complexity index is 727. The zero-order chi connectivity index (χ0) is 15.5. The standard InChI is InChI=1S/C16H16ClN3O2/c1-21-10-12-9-20(5-6-22-12)16-11(7-18)8-19-15-13(16)3-2-4-14(15)17/h2-4,8,12H,5-6,9-10H2,1H3/t12-/m1/s1. The number of benzene rings is 1. The number of nitriles is 1. The fourth-order valence-corrected chi connectivity index (χ4v) is 3.03. The molecule has 0 radical (unpaired) electrons. The molecule has 0 N–H and O–H groups in total. The van der Waals surface area contributed by atoms with Crippen LogP contribution in [0.1, 0.15) is 5.56 Å². The van der Waals surface area contributed by atoms with E-state index in [-0.39, 0.29) is 6.10 Å². The molecule has 0 spiro atoms. The fourth-order valence-electron chi connectivity index (χ4n) is 2.80. The van der Waals surface area contributed by atoms with Gasteiger partial charge in [0.1, 0.15) is 6.07 Å². The molecule has 1 saturated heterocycles. The minimum Gasteiger partial charge on any atom is -0.382 e. The van der Waals surface area contributed by atoms with Crippen molar-refractivity contribution in [2.45, 2.75) is 6.10 Å². The van der Waals surface area contributed by atoms with Crippen molar-refractivity contribution in [2.24, 2.45) is 0 Å². The zero-order valence-corrected chi connectivity index (χ0v) is 13.0. The van der Waals surface area contributed by atoms with E-state index in [9.17, 15) is 5.26 Å². The molecule has 1 aromatic heterocycles. The maximum absolute atomic E-state index is 9.44. The van der Waals surface area contributed by atoms with Gasteiger partial charge in [-0.15, -0.1) is 0 Å². The summed E-state index contributed by atoms with van der Waals surface area (Å²) in [5.41, 5.74) is 2.14. The van der Waals surface area contributed by atoms with E-state index in [1.165, 1.54) is 0 Å². The highest BCUT2D eigenvalue weighted by Gasteiger charge is 2.24. The van der Waals surface area contributed by atoms with Crippen LogP contribution in [-0.4, -0.2) is 44.5 Å². The lowest BCUT2D eigenvalue weighted by atomic mass is 10.1. The number of ether oxygens (including phenoxy) is 2. The van der Waals surface area contributed by atoms with Gasteiger partial charge in [-0.1, -0.05) is 23.7 Å². The Morgan fingerprint density at radius 2 is 2.41 bits per heavy atom. The van der Waals surface area contributed by atoms with Crippen LogP contribution in [0.25, 0.3) is 10.9 Å². The molecule has 2 heterocycles. The second-order valence-electron chi connectivity index (χ2n) is 5.16. The lowest BCUT2D eigenvalue weighted by molar-refractivity contribution is -0.00996. The number of morpholine rings is 1. The molecule has 0 saturated carbocycles. The van der Waals surface area contributed by atoms with Gasteiger partial charge in [-0.25, -0.2) is 0 Å². The monoisotopic (exact) mass is 317 g/mol. The molecule has 5 nitrogen and oxygen atoms in total. The summed E-state index contributed by atoms with van der Waals surface area (Å²) in [5, 5.41) is 10.9. The molecular weight excluding hydrogens is 302 g/mol. The number of nitrogens with zero attached hydrogens (tertiary/aromatic N) is 3. The average Bonchev–Trinajstić information content (AvgIpc) is 2.54. The van der Waals surface area contributed by atoms with Crippen LogP contribution in [0.5, 0.6) is 0 Å². The van der Waals surface area contributed by atoms with Crippen LogP contribution in [0.3, 0.4) is 0 Å². The summed E-state index contributed by atoms with van der Waals surface area (Å²) >= 11 is 6.23. The van der Waals surface area contributed by atoms with Crippen molar-refractivity contribution in [3.63, 3.8) is 0 Å². The van der Waals surface area contributed by atoms with E-state index in [1.807, 2.05) is 12.1 Å². The van der Waals surface area contributed by atoms with Gasteiger partial charge in [0.25, 0.3) is 0 Å². The summed E-state index contributed by atoms with van der Waals surface area (Å²) in [6.07, 6.45) is 1.58. The second kappa shape index (κ2) is 6.49. The Morgan fingerprint density at radius 1 is 1.55 bits per heavy atom. The molecular formula is C16H16ClN3O2. The highest BCUT2D eigenvalue weighted by Crippen LogP contribution is 2.33. The van der Waals surface area contributed by atoms with E-state index in [1.54, 1.807) is 19.4 Å². The molecule has 22 heavy (non-hydrogen) atoms. The Morgan fingerprint density at radius 3 is 3.18 bits per heavy atom. The molecule has 0 aliphatic carbocycles. The van der Waals surface area contributed by atoms with Crippen molar-refractivity contribution < 1.29 is 9.47 Å². The molecule has 1 aliphatic rings. The number of rotatable bonds is 3. The fraction of sp³-hybridized carbons (Fsp3) is 0.375. The van der Waals surface area contributed by atoms with E-state index >= 15 is 0 Å². The van der Waals surface area contributed by atoms with Crippen LogP contribution in [0.4, 0.5) is 5.69 Å². The SMILES string of the molecule is COC[C@H]1CN(c2c(C#N)cnc3c(Cl)cccc23)CCO1. The van der Waals surface area contributed by atoms with Crippen LogP contribution in [0, 0.1) is 11.3 Å². The molecule has 0 amide bonds. The number of fused-ring (bicyclic) bond motifs is 1. The molecule has 1 fully saturated rings. The maximum atomic E-state index is 9.44. The first kappa shape index (κ1) is 15.0. The predicted molar refractivity (Wildman–Crippen MR) is 85.3 cm³/mol. The second-order valence-corrected chi connectivity index (χ2v) is 5.57. The smallest absolute Gasteiger partial charge is 0.103 e. The van der Waals surface area contributed by atoms with E-state index < -0.39 is 0 Å². The number of anilines is 1. The zero-order valence-electron chi connectivity index (χ0n) is 12.3. The molecule has 3 rings (SSSR count). The molecule has 2 aromatic rings. The van der Waals surface area contributed by atoms with Crippen LogP contribution in [-0.2, 0) is 9.47 Å². The van der Waals surface area contributed by atoms with Gasteiger partial charge in [0, 0.05) is 31.8 Å². The van der Waals surface area contributed by atoms with Gasteiger partial charge in [-0.2, -0.15) is 5.26 Å². The van der Waals surface area contributed by atoms with E-state index in [0.29, 0.717) is 35.9 Å². The summed E-state index contributed by atoms with van der Waals surface area (Å²) in [5.74, 6) is 0. The quantitative estimate of drug-likeness (QED) is 0.871. The van der Waals surface area contributed by atoms with Gasteiger partial charge in [0.2, 0.25) is 0 Å². The number of hydrogen-bond donors (Lipinski definition) is 0. The summed E-state index contributed by atoms with van der Waals surface area (Å²) in [6, 6.07) is 7.87. The predicted octanol–water partition coefficient (Wildman–Crippen LogP) is 2.61. The highest BCUT2D eigenvalue weighted by molar-refractivity contribution is 6.35. The first-order chi connectivity index (χ1) is 10.7. The van der Waals surface area contributed by atoms with Crippen molar-refractivity contribution >= 4 is 28.2 Å². The first-order valence-corrected chi connectivity index (χ1v) is 7.45. The molecule has 6 heteroatoms. The van der Waals surface area contributed by atoms with E-state index in [0.717, 1.165) is 17.6 Å². The first-order valence-electron chi connectivity index (χ1n) is 7.07. The van der Waals surface area contributed by atoms with Crippen molar-refractivity contribution in [1.82, 2.24) is 4.98 Å². The highest BCUT2D eigenvalue weighted by atomic mass is 35.5. The lowest BCUT2D eigenvalue weighted by Crippen LogP contribution is -2.44. The Hall–Kier alpha value is -1.87. The van der Waals surface area contributed by atoms with Gasteiger partial charge in [0.15, 0.2) is 0 Å². The van der Waals surface area contributed by atoms with Crippen LogP contribution < -0.4 is 4.90 Å². The largest absolute Gasteiger partial charge is 0.382 e. The average molecular weight is 318 g/mol. The van der Waals surface area contributed by atoms with Crippen molar-refractivity contribution in [3.8, 4) is 6.07 Å². The normalized spacial score (nSPS) is 18.4. The van der Waals surface area contributed by atoms with Crippen LogP contribution in [0.15, 0.2) is 24.4 Å². The summed E-state index contributed by atoms with van der Waals surface area (Å²) in [4.78, 5) is 6.48. The number of pyridine rings is 1. The van der Waals surface area contributed by atoms with Crippen molar-refractivity contribution in [2.75, 3.05) is 38.3 Å². The van der Waals surface area contributed by atoms with E-state index in [4.69, 9.17) is 21.1 Å². The summed E-state index contributed by atoms with van der Waals surface area (Å²) < 4.78 is 10.9. The number of hydrogen-bond acceptors (Lipinski definition) is 5. The minimum absolute atomic E-state index is 0.00677. The maximum Gasteiger partial charge on any atom is 0.103 e. The molecule has 1 atom stereocenters. The molecule has 114 valence electrons.